The van der Waals surface area contributed by atoms with Gasteiger partial charge in [-0.05, 0) is 49.1 Å². The van der Waals surface area contributed by atoms with Crippen LogP contribution in [0.3, 0.4) is 0 Å². The molecule has 0 bridgehead atoms. The highest BCUT2D eigenvalue weighted by molar-refractivity contribution is 6.35. The maximum atomic E-state index is 6.12. The second-order valence-corrected chi connectivity index (χ2v) is 6.74. The van der Waals surface area contributed by atoms with Gasteiger partial charge in [0.15, 0.2) is 0 Å². The Labute approximate surface area is 152 Å². The Morgan fingerprint density at radius 1 is 1.12 bits per heavy atom. The minimum Gasteiger partial charge on any atom is -0.497 e. The zero-order chi connectivity index (χ0) is 17.1. The van der Waals surface area contributed by atoms with Crippen molar-refractivity contribution >= 4 is 28.9 Å². The molecule has 0 heterocycles. The van der Waals surface area contributed by atoms with Crippen LogP contribution in [0.5, 0.6) is 5.75 Å². The van der Waals surface area contributed by atoms with E-state index in [9.17, 15) is 0 Å². The Bertz CT molecular complexity index is 723. The summed E-state index contributed by atoms with van der Waals surface area (Å²) in [5.74, 6) is 1.81. The van der Waals surface area contributed by atoms with E-state index in [4.69, 9.17) is 32.8 Å². The van der Waals surface area contributed by atoms with Crippen molar-refractivity contribution in [3.63, 3.8) is 0 Å². The van der Waals surface area contributed by atoms with Crippen LogP contribution in [0, 0.1) is 5.92 Å². The van der Waals surface area contributed by atoms with Crippen molar-refractivity contribution in [2.75, 3.05) is 7.11 Å². The number of hydrogen-bond donors (Lipinski definition) is 0. The Hall–Kier alpha value is -1.71. The summed E-state index contributed by atoms with van der Waals surface area (Å²) in [5, 5.41) is 5.44. The molecule has 2 aromatic rings. The molecule has 2 aromatic carbocycles. The number of ether oxygens (including phenoxy) is 1. The third kappa shape index (κ3) is 3.85. The van der Waals surface area contributed by atoms with Crippen molar-refractivity contribution in [1.82, 2.24) is 0 Å². The molecule has 1 saturated carbocycles. The molecule has 0 aliphatic heterocycles. The Morgan fingerprint density at radius 2 is 1.79 bits per heavy atom. The molecule has 1 aliphatic carbocycles. The second kappa shape index (κ2) is 7.45. The summed E-state index contributed by atoms with van der Waals surface area (Å²) in [5.41, 5.74) is 3.07. The first kappa shape index (κ1) is 17.1. The molecule has 1 fully saturated rings. The van der Waals surface area contributed by atoms with E-state index in [0.29, 0.717) is 21.9 Å². The Balaban J connectivity index is 1.57. The molecule has 0 N–H and O–H groups in total. The van der Waals surface area contributed by atoms with Gasteiger partial charge in [0.25, 0.3) is 0 Å². The lowest BCUT2D eigenvalue weighted by molar-refractivity contribution is 0.129. The zero-order valence-corrected chi connectivity index (χ0v) is 15.1. The second-order valence-electron chi connectivity index (χ2n) is 5.93. The molecule has 0 radical (unpaired) electrons. The van der Waals surface area contributed by atoms with E-state index < -0.39 is 0 Å². The molecule has 3 nitrogen and oxygen atoms in total. The maximum Gasteiger partial charge on any atom is 0.145 e. The zero-order valence-electron chi connectivity index (χ0n) is 13.6. The normalized spacial score (nSPS) is 19.9. The minimum absolute atomic E-state index is 0.274. The van der Waals surface area contributed by atoms with Crippen LogP contribution >= 0.6 is 23.2 Å². The predicted octanol–water partition coefficient (Wildman–Crippen LogP) is 5.70. The molecule has 0 spiro atoms. The average Bonchev–Trinajstić information content (AvgIpc) is 3.38. The van der Waals surface area contributed by atoms with E-state index in [1.54, 1.807) is 19.2 Å². The van der Waals surface area contributed by atoms with Gasteiger partial charge in [-0.25, -0.2) is 0 Å². The van der Waals surface area contributed by atoms with Crippen molar-refractivity contribution < 1.29 is 9.57 Å². The fourth-order valence-corrected chi connectivity index (χ4v) is 3.32. The first-order chi connectivity index (χ1) is 11.6. The molecular weight excluding hydrogens is 345 g/mol. The van der Waals surface area contributed by atoms with Crippen molar-refractivity contribution in [2.24, 2.45) is 11.1 Å². The highest BCUT2D eigenvalue weighted by Gasteiger charge is 2.40. The molecule has 5 heteroatoms. The number of methoxy groups -OCH3 is 1. The van der Waals surface area contributed by atoms with Gasteiger partial charge in [-0.15, -0.1) is 0 Å². The van der Waals surface area contributed by atoms with Gasteiger partial charge in [-0.3, -0.25) is 0 Å². The number of hydrogen-bond acceptors (Lipinski definition) is 3. The van der Waals surface area contributed by atoms with Gasteiger partial charge in [0, 0.05) is 21.5 Å². The lowest BCUT2D eigenvalue weighted by Gasteiger charge is -2.06. The number of halogens is 2. The van der Waals surface area contributed by atoms with E-state index >= 15 is 0 Å². The van der Waals surface area contributed by atoms with Gasteiger partial charge < -0.3 is 9.57 Å². The Morgan fingerprint density at radius 3 is 2.42 bits per heavy atom. The maximum absolute atomic E-state index is 6.12. The van der Waals surface area contributed by atoms with Gasteiger partial charge in [-0.2, -0.15) is 0 Å². The highest BCUT2D eigenvalue weighted by atomic mass is 35.5. The molecule has 126 valence electrons. The molecule has 0 unspecified atom stereocenters. The van der Waals surface area contributed by atoms with Crippen LogP contribution in [-0.4, -0.2) is 12.8 Å². The molecule has 0 amide bonds. The summed E-state index contributed by atoms with van der Waals surface area (Å²) in [6.07, 6.45) is 1.10. The average molecular weight is 364 g/mol. The molecule has 1 aliphatic rings. The van der Waals surface area contributed by atoms with Gasteiger partial charge >= 0.3 is 0 Å². The smallest absolute Gasteiger partial charge is 0.145 e. The summed E-state index contributed by atoms with van der Waals surface area (Å²) < 4.78 is 5.19. The number of oxime groups is 1. The van der Waals surface area contributed by atoms with E-state index in [1.807, 2.05) is 25.1 Å². The largest absolute Gasteiger partial charge is 0.497 e. The molecule has 0 aromatic heterocycles. The van der Waals surface area contributed by atoms with Gasteiger partial charge in [0.1, 0.15) is 12.4 Å². The van der Waals surface area contributed by atoms with Crippen LogP contribution in [0.4, 0.5) is 0 Å². The first-order valence-corrected chi connectivity index (χ1v) is 8.59. The summed E-state index contributed by atoms with van der Waals surface area (Å²) in [4.78, 5) is 5.46. The third-order valence-corrected chi connectivity index (χ3v) is 5.06. The summed E-state index contributed by atoms with van der Waals surface area (Å²) in [6, 6.07) is 13.6. The van der Waals surface area contributed by atoms with Crippen LogP contribution in [0.15, 0.2) is 47.6 Å². The van der Waals surface area contributed by atoms with Crippen molar-refractivity contribution in [3.8, 4) is 5.75 Å². The topological polar surface area (TPSA) is 30.8 Å². The lowest BCUT2D eigenvalue weighted by atomic mass is 10.1. The molecule has 3 rings (SSSR count). The van der Waals surface area contributed by atoms with Crippen molar-refractivity contribution in [3.05, 3.63) is 63.6 Å². The Kier molecular flexibility index (Phi) is 5.32. The van der Waals surface area contributed by atoms with Gasteiger partial charge in [-0.1, -0.05) is 46.6 Å². The van der Waals surface area contributed by atoms with Crippen LogP contribution in [-0.2, 0) is 11.4 Å². The van der Waals surface area contributed by atoms with Crippen molar-refractivity contribution in [1.29, 1.82) is 0 Å². The SMILES string of the molecule is COc1ccc([C@H]2C[C@@H]2/C(C)=N\OCc2c(Cl)cccc2Cl)cc1. The van der Waals surface area contributed by atoms with E-state index in [2.05, 4.69) is 17.3 Å². The number of nitrogens with zero attached hydrogens (tertiary/aromatic N) is 1. The molecular formula is C19H19Cl2NO2. The molecule has 2 atom stereocenters. The molecule has 24 heavy (non-hydrogen) atoms. The van der Waals surface area contributed by atoms with Gasteiger partial charge in [0.2, 0.25) is 0 Å². The van der Waals surface area contributed by atoms with Gasteiger partial charge in [0.05, 0.1) is 12.8 Å². The van der Waals surface area contributed by atoms with E-state index in [-0.39, 0.29) is 6.61 Å². The van der Waals surface area contributed by atoms with E-state index in [1.165, 1.54) is 5.56 Å². The van der Waals surface area contributed by atoms with Crippen LogP contribution in [0.25, 0.3) is 0 Å². The van der Waals surface area contributed by atoms with Crippen molar-refractivity contribution in [2.45, 2.75) is 25.9 Å². The van der Waals surface area contributed by atoms with Crippen LogP contribution in [0.1, 0.15) is 30.4 Å². The van der Waals surface area contributed by atoms with Crippen LogP contribution in [0.2, 0.25) is 10.0 Å². The fraction of sp³-hybridized carbons (Fsp3) is 0.316. The third-order valence-electron chi connectivity index (χ3n) is 4.35. The minimum atomic E-state index is 0.274. The van der Waals surface area contributed by atoms with E-state index in [0.717, 1.165) is 23.4 Å². The summed E-state index contributed by atoms with van der Waals surface area (Å²) >= 11 is 12.2. The standard InChI is InChI=1S/C19H19Cl2NO2/c1-12(22-24-11-17-18(20)4-3-5-19(17)21)15-10-16(15)13-6-8-14(23-2)9-7-13/h3-9,15-16H,10-11H2,1-2H3/b22-12-/t15-,16-/m1/s1. The monoisotopic (exact) mass is 363 g/mol. The molecule has 0 saturated heterocycles. The highest BCUT2D eigenvalue weighted by Crippen LogP contribution is 2.48. The summed E-state index contributed by atoms with van der Waals surface area (Å²) in [6.45, 7) is 2.28. The predicted molar refractivity (Wildman–Crippen MR) is 98.2 cm³/mol. The lowest BCUT2D eigenvalue weighted by Crippen LogP contribution is -1.99. The quantitative estimate of drug-likeness (QED) is 0.486. The number of benzene rings is 2. The fourth-order valence-electron chi connectivity index (χ4n) is 2.81. The number of rotatable bonds is 6. The van der Waals surface area contributed by atoms with Crippen LogP contribution < -0.4 is 4.74 Å². The first-order valence-electron chi connectivity index (χ1n) is 7.83. The summed E-state index contributed by atoms with van der Waals surface area (Å²) in [7, 11) is 1.67.